The number of methoxy groups -OCH3 is 1. The molecule has 0 heterocycles. The largest absolute Gasteiger partial charge is 0.495 e. The standard InChI is InChI=1S/C11H7BrI2O/c1-15-11-7-5-3-2-4-6(7)8(12)9(13)10(11)14/h2-5H,1H3. The maximum absolute atomic E-state index is 5.46. The van der Waals surface area contributed by atoms with Crippen LogP contribution in [0.2, 0.25) is 0 Å². The highest BCUT2D eigenvalue weighted by Crippen LogP contribution is 2.40. The van der Waals surface area contributed by atoms with Gasteiger partial charge in [-0.05, 0) is 61.1 Å². The highest BCUT2D eigenvalue weighted by atomic mass is 127. The Labute approximate surface area is 124 Å². The number of fused-ring (bicyclic) bond motifs is 1. The molecular weight excluding hydrogens is 482 g/mol. The lowest BCUT2D eigenvalue weighted by molar-refractivity contribution is 0.416. The van der Waals surface area contributed by atoms with E-state index < -0.39 is 0 Å². The summed E-state index contributed by atoms with van der Waals surface area (Å²) < 4.78 is 8.96. The second-order valence-electron chi connectivity index (χ2n) is 3.02. The van der Waals surface area contributed by atoms with Crippen molar-refractivity contribution in [1.29, 1.82) is 0 Å². The van der Waals surface area contributed by atoms with Crippen LogP contribution in [0.1, 0.15) is 0 Å². The van der Waals surface area contributed by atoms with Gasteiger partial charge in [-0.2, -0.15) is 0 Å². The summed E-state index contributed by atoms with van der Waals surface area (Å²) in [5.41, 5.74) is 0. The molecule has 2 rings (SSSR count). The molecule has 0 aromatic heterocycles. The zero-order valence-electron chi connectivity index (χ0n) is 7.85. The number of benzene rings is 2. The Kier molecular flexibility index (Phi) is 3.77. The number of halogens is 3. The van der Waals surface area contributed by atoms with Crippen LogP contribution in [0, 0.1) is 7.14 Å². The highest BCUT2D eigenvalue weighted by Gasteiger charge is 2.14. The third kappa shape index (κ3) is 2.00. The molecule has 0 atom stereocenters. The molecule has 0 saturated heterocycles. The van der Waals surface area contributed by atoms with Gasteiger partial charge >= 0.3 is 0 Å². The number of ether oxygens (including phenoxy) is 1. The van der Waals surface area contributed by atoms with Crippen LogP contribution in [0.25, 0.3) is 10.8 Å². The second kappa shape index (κ2) is 4.75. The molecule has 15 heavy (non-hydrogen) atoms. The number of hydrogen-bond donors (Lipinski definition) is 0. The first-order valence-electron chi connectivity index (χ1n) is 4.26. The van der Waals surface area contributed by atoms with Gasteiger partial charge in [0.1, 0.15) is 5.75 Å². The monoisotopic (exact) mass is 488 g/mol. The van der Waals surface area contributed by atoms with Crippen LogP contribution in [0.3, 0.4) is 0 Å². The average Bonchev–Trinajstić information content (AvgIpc) is 2.27. The van der Waals surface area contributed by atoms with Gasteiger partial charge in [-0.15, -0.1) is 0 Å². The van der Waals surface area contributed by atoms with Crippen molar-refractivity contribution in [3.05, 3.63) is 35.9 Å². The van der Waals surface area contributed by atoms with Gasteiger partial charge < -0.3 is 4.74 Å². The van der Waals surface area contributed by atoms with Crippen molar-refractivity contribution in [3.8, 4) is 5.75 Å². The Morgan fingerprint density at radius 2 is 1.67 bits per heavy atom. The van der Waals surface area contributed by atoms with Gasteiger partial charge in [0.15, 0.2) is 0 Å². The van der Waals surface area contributed by atoms with Crippen LogP contribution >= 0.6 is 61.1 Å². The Morgan fingerprint density at radius 3 is 2.27 bits per heavy atom. The lowest BCUT2D eigenvalue weighted by Gasteiger charge is -2.12. The first-order chi connectivity index (χ1) is 7.16. The van der Waals surface area contributed by atoms with Crippen LogP contribution < -0.4 is 4.74 Å². The summed E-state index contributed by atoms with van der Waals surface area (Å²) >= 11 is 8.27. The van der Waals surface area contributed by atoms with Crippen molar-refractivity contribution < 1.29 is 4.74 Å². The van der Waals surface area contributed by atoms with Crippen LogP contribution in [0.5, 0.6) is 5.75 Å². The Balaban J connectivity index is 2.98. The van der Waals surface area contributed by atoms with Gasteiger partial charge in [-0.25, -0.2) is 0 Å². The molecule has 0 fully saturated rings. The normalized spacial score (nSPS) is 10.7. The van der Waals surface area contributed by atoms with Crippen LogP contribution in [0.15, 0.2) is 28.7 Å². The van der Waals surface area contributed by atoms with E-state index in [4.69, 9.17) is 4.74 Å². The van der Waals surface area contributed by atoms with Crippen molar-refractivity contribution in [2.75, 3.05) is 7.11 Å². The molecule has 4 heteroatoms. The third-order valence-electron chi connectivity index (χ3n) is 2.20. The Bertz CT molecular complexity index is 525. The zero-order valence-corrected chi connectivity index (χ0v) is 13.8. The number of rotatable bonds is 1. The van der Waals surface area contributed by atoms with Gasteiger partial charge in [0.05, 0.1) is 10.7 Å². The van der Waals surface area contributed by atoms with Gasteiger partial charge in [0.25, 0.3) is 0 Å². The van der Waals surface area contributed by atoms with Crippen LogP contribution in [-0.4, -0.2) is 7.11 Å². The van der Waals surface area contributed by atoms with Crippen LogP contribution in [0.4, 0.5) is 0 Å². The van der Waals surface area contributed by atoms with Gasteiger partial charge in [0.2, 0.25) is 0 Å². The molecule has 2 aromatic rings. The first-order valence-corrected chi connectivity index (χ1v) is 7.21. The maximum Gasteiger partial charge on any atom is 0.141 e. The molecule has 0 aliphatic carbocycles. The summed E-state index contributed by atoms with van der Waals surface area (Å²) in [6.07, 6.45) is 0. The highest BCUT2D eigenvalue weighted by molar-refractivity contribution is 14.1. The molecule has 0 N–H and O–H groups in total. The molecule has 2 aromatic carbocycles. The SMILES string of the molecule is COc1c(I)c(I)c(Br)c2ccccc12. The van der Waals surface area contributed by atoms with Crippen molar-refractivity contribution in [2.24, 2.45) is 0 Å². The summed E-state index contributed by atoms with van der Waals surface area (Å²) in [6.45, 7) is 0. The predicted octanol–water partition coefficient (Wildman–Crippen LogP) is 4.82. The van der Waals surface area contributed by atoms with E-state index in [1.807, 2.05) is 12.1 Å². The minimum absolute atomic E-state index is 0.957. The fourth-order valence-corrected chi connectivity index (χ4v) is 3.74. The lowest BCUT2D eigenvalue weighted by Crippen LogP contribution is -1.93. The van der Waals surface area contributed by atoms with Crippen molar-refractivity contribution >= 4 is 71.9 Å². The minimum atomic E-state index is 0.957. The molecule has 0 radical (unpaired) electrons. The van der Waals surface area contributed by atoms with Gasteiger partial charge in [0, 0.05) is 18.8 Å². The van der Waals surface area contributed by atoms with Crippen LogP contribution in [-0.2, 0) is 0 Å². The van der Waals surface area contributed by atoms with E-state index >= 15 is 0 Å². The predicted molar refractivity (Wildman–Crippen MR) is 83.6 cm³/mol. The summed E-state index contributed by atoms with van der Waals surface area (Å²) in [6, 6.07) is 8.24. The van der Waals surface area contributed by atoms with Gasteiger partial charge in [-0.3, -0.25) is 0 Å². The second-order valence-corrected chi connectivity index (χ2v) is 5.97. The molecule has 0 amide bonds. The molecule has 0 spiro atoms. The summed E-state index contributed by atoms with van der Waals surface area (Å²) in [4.78, 5) is 0. The van der Waals surface area contributed by atoms with E-state index in [1.165, 1.54) is 8.96 Å². The van der Waals surface area contributed by atoms with E-state index in [-0.39, 0.29) is 0 Å². The first kappa shape index (κ1) is 11.9. The molecule has 0 aliphatic rings. The fraction of sp³-hybridized carbons (Fsp3) is 0.0909. The lowest BCUT2D eigenvalue weighted by atomic mass is 10.1. The fourth-order valence-electron chi connectivity index (χ4n) is 1.50. The van der Waals surface area contributed by atoms with E-state index in [9.17, 15) is 0 Å². The molecule has 0 saturated carbocycles. The topological polar surface area (TPSA) is 9.23 Å². The molecule has 78 valence electrons. The Hall–Kier alpha value is 0.440. The van der Waals surface area contributed by atoms with Crippen molar-refractivity contribution in [2.45, 2.75) is 0 Å². The molecule has 0 unspecified atom stereocenters. The van der Waals surface area contributed by atoms with Gasteiger partial charge in [-0.1, -0.05) is 24.3 Å². The van der Waals surface area contributed by atoms with Crippen molar-refractivity contribution in [1.82, 2.24) is 0 Å². The molecule has 1 nitrogen and oxygen atoms in total. The third-order valence-corrected chi connectivity index (χ3v) is 6.90. The molecule has 0 aliphatic heterocycles. The summed E-state index contributed by atoms with van der Waals surface area (Å²) in [5, 5.41) is 2.34. The van der Waals surface area contributed by atoms with E-state index in [2.05, 4.69) is 73.2 Å². The number of hydrogen-bond acceptors (Lipinski definition) is 1. The maximum atomic E-state index is 5.46. The molecule has 0 bridgehead atoms. The molecular formula is C11H7BrI2O. The Morgan fingerprint density at radius 1 is 1.07 bits per heavy atom. The zero-order chi connectivity index (χ0) is 11.0. The van der Waals surface area contributed by atoms with E-state index in [1.54, 1.807) is 7.11 Å². The minimum Gasteiger partial charge on any atom is -0.495 e. The smallest absolute Gasteiger partial charge is 0.141 e. The summed E-state index contributed by atoms with van der Waals surface area (Å²) in [7, 11) is 1.72. The quantitative estimate of drug-likeness (QED) is 0.413. The van der Waals surface area contributed by atoms with E-state index in [0.29, 0.717) is 0 Å². The summed E-state index contributed by atoms with van der Waals surface area (Å²) in [5.74, 6) is 0.957. The van der Waals surface area contributed by atoms with Crippen molar-refractivity contribution in [3.63, 3.8) is 0 Å². The van der Waals surface area contributed by atoms with E-state index in [0.717, 1.165) is 19.2 Å². The average molecular weight is 489 g/mol.